The van der Waals surface area contributed by atoms with Gasteiger partial charge in [-0.3, -0.25) is 9.69 Å². The number of likely N-dealkylation sites (N-methyl/N-ethyl adjacent to an activating group) is 1. The number of carbonyl (C=O) groups is 1. The number of carbonyl (C=O) groups excluding carboxylic acids is 1. The maximum absolute atomic E-state index is 12.6. The molecule has 1 aromatic carbocycles. The summed E-state index contributed by atoms with van der Waals surface area (Å²) >= 11 is 0. The second-order valence-electron chi connectivity index (χ2n) is 7.57. The SMILES string of the molecule is CCN1CCc2[nH]cnc2C12CCN(C(=O)COc1ccc(C)cc1)CC2. The van der Waals surface area contributed by atoms with Crippen molar-refractivity contribution in [3.05, 3.63) is 47.5 Å². The fourth-order valence-electron chi connectivity index (χ4n) is 4.53. The Labute approximate surface area is 160 Å². The van der Waals surface area contributed by atoms with Gasteiger partial charge in [0.2, 0.25) is 0 Å². The van der Waals surface area contributed by atoms with Gasteiger partial charge in [-0.15, -0.1) is 0 Å². The van der Waals surface area contributed by atoms with E-state index in [2.05, 4.69) is 21.8 Å². The van der Waals surface area contributed by atoms with E-state index in [1.807, 2.05) is 42.4 Å². The third-order valence-electron chi connectivity index (χ3n) is 6.10. The Kier molecular flexibility index (Phi) is 4.91. The van der Waals surface area contributed by atoms with Gasteiger partial charge in [0.05, 0.1) is 17.6 Å². The van der Waals surface area contributed by atoms with Crippen molar-refractivity contribution in [2.24, 2.45) is 0 Å². The number of nitrogens with one attached hydrogen (secondary N) is 1. The van der Waals surface area contributed by atoms with Crippen LogP contribution < -0.4 is 4.74 Å². The number of benzene rings is 1. The lowest BCUT2D eigenvalue weighted by atomic mass is 9.78. The number of imidazole rings is 1. The minimum atomic E-state index is -0.0308. The van der Waals surface area contributed by atoms with Crippen LogP contribution in [0, 0.1) is 6.92 Å². The highest BCUT2D eigenvalue weighted by molar-refractivity contribution is 5.78. The molecule has 2 aliphatic rings. The van der Waals surface area contributed by atoms with Crippen LogP contribution in [0.15, 0.2) is 30.6 Å². The van der Waals surface area contributed by atoms with Crippen molar-refractivity contribution >= 4 is 5.91 Å². The number of likely N-dealkylation sites (tertiary alicyclic amines) is 1. The van der Waals surface area contributed by atoms with Crippen molar-refractivity contribution < 1.29 is 9.53 Å². The van der Waals surface area contributed by atoms with Gasteiger partial charge in [-0.2, -0.15) is 0 Å². The Bertz CT molecular complexity index is 791. The summed E-state index contributed by atoms with van der Waals surface area (Å²) in [5.41, 5.74) is 3.61. The molecule has 6 nitrogen and oxygen atoms in total. The molecule has 1 saturated heterocycles. The molecule has 1 spiro atoms. The lowest BCUT2D eigenvalue weighted by Gasteiger charge is -2.50. The van der Waals surface area contributed by atoms with Gasteiger partial charge in [0.15, 0.2) is 6.61 Å². The van der Waals surface area contributed by atoms with Crippen LogP contribution in [-0.2, 0) is 16.8 Å². The molecule has 2 aliphatic heterocycles. The third-order valence-corrected chi connectivity index (χ3v) is 6.10. The first-order valence-electron chi connectivity index (χ1n) is 9.87. The van der Waals surface area contributed by atoms with Crippen LogP contribution in [0.5, 0.6) is 5.75 Å². The van der Waals surface area contributed by atoms with Gasteiger partial charge in [0.1, 0.15) is 5.75 Å². The molecule has 0 unspecified atom stereocenters. The molecule has 0 radical (unpaired) electrons. The van der Waals surface area contributed by atoms with E-state index in [1.54, 1.807) is 0 Å². The van der Waals surface area contributed by atoms with E-state index in [0.717, 1.165) is 51.2 Å². The topological polar surface area (TPSA) is 61.5 Å². The highest BCUT2D eigenvalue weighted by atomic mass is 16.5. The van der Waals surface area contributed by atoms with Crippen molar-refractivity contribution in [1.29, 1.82) is 0 Å². The van der Waals surface area contributed by atoms with Crippen LogP contribution in [0.3, 0.4) is 0 Å². The molecule has 0 aliphatic carbocycles. The van der Waals surface area contributed by atoms with Crippen molar-refractivity contribution in [2.45, 2.75) is 38.6 Å². The minimum Gasteiger partial charge on any atom is -0.484 e. The fraction of sp³-hybridized carbons (Fsp3) is 0.524. The smallest absolute Gasteiger partial charge is 0.260 e. The summed E-state index contributed by atoms with van der Waals surface area (Å²) < 4.78 is 5.68. The molecule has 1 aromatic heterocycles. The summed E-state index contributed by atoms with van der Waals surface area (Å²) in [5, 5.41) is 0. The lowest BCUT2D eigenvalue weighted by Crippen LogP contribution is -2.57. The molecular weight excluding hydrogens is 340 g/mol. The zero-order chi connectivity index (χ0) is 18.9. The largest absolute Gasteiger partial charge is 0.484 e. The Morgan fingerprint density at radius 1 is 1.22 bits per heavy atom. The minimum absolute atomic E-state index is 0.0308. The zero-order valence-electron chi connectivity index (χ0n) is 16.2. The first-order valence-corrected chi connectivity index (χ1v) is 9.87. The Balaban J connectivity index is 1.39. The molecule has 0 atom stereocenters. The van der Waals surface area contributed by atoms with Crippen LogP contribution in [0.2, 0.25) is 0 Å². The van der Waals surface area contributed by atoms with Crippen LogP contribution >= 0.6 is 0 Å². The van der Waals surface area contributed by atoms with Gasteiger partial charge in [-0.05, 0) is 38.4 Å². The predicted molar refractivity (Wildman–Crippen MR) is 104 cm³/mol. The van der Waals surface area contributed by atoms with Gasteiger partial charge in [-0.1, -0.05) is 24.6 Å². The summed E-state index contributed by atoms with van der Waals surface area (Å²) in [6, 6.07) is 7.81. The number of aromatic amines is 1. The molecule has 4 rings (SSSR count). The zero-order valence-corrected chi connectivity index (χ0v) is 16.2. The third kappa shape index (κ3) is 3.34. The monoisotopic (exact) mass is 368 g/mol. The number of hydrogen-bond donors (Lipinski definition) is 1. The van der Waals surface area contributed by atoms with E-state index in [0.29, 0.717) is 0 Å². The molecule has 27 heavy (non-hydrogen) atoms. The van der Waals surface area contributed by atoms with Crippen LogP contribution in [0.25, 0.3) is 0 Å². The van der Waals surface area contributed by atoms with Gasteiger partial charge in [0, 0.05) is 31.7 Å². The van der Waals surface area contributed by atoms with Crippen LogP contribution in [-0.4, -0.2) is 58.5 Å². The number of rotatable bonds is 4. The van der Waals surface area contributed by atoms with Crippen LogP contribution in [0.1, 0.15) is 36.7 Å². The number of amides is 1. The van der Waals surface area contributed by atoms with Gasteiger partial charge in [-0.25, -0.2) is 4.98 Å². The number of aryl methyl sites for hydroxylation is 1. The van der Waals surface area contributed by atoms with E-state index in [-0.39, 0.29) is 18.1 Å². The Hall–Kier alpha value is -2.34. The molecule has 2 aromatic rings. The van der Waals surface area contributed by atoms with E-state index < -0.39 is 0 Å². The molecule has 1 fully saturated rings. The first-order chi connectivity index (χ1) is 13.1. The summed E-state index contributed by atoms with van der Waals surface area (Å²) in [6.45, 7) is 7.91. The van der Waals surface area contributed by atoms with Crippen LogP contribution in [0.4, 0.5) is 0 Å². The quantitative estimate of drug-likeness (QED) is 0.901. The Morgan fingerprint density at radius 3 is 2.67 bits per heavy atom. The highest BCUT2D eigenvalue weighted by Crippen LogP contribution is 2.41. The van der Waals surface area contributed by atoms with E-state index in [1.165, 1.54) is 17.0 Å². The van der Waals surface area contributed by atoms with E-state index in [9.17, 15) is 4.79 Å². The molecule has 0 saturated carbocycles. The van der Waals surface area contributed by atoms with Gasteiger partial charge in [0.25, 0.3) is 5.91 Å². The highest BCUT2D eigenvalue weighted by Gasteiger charge is 2.46. The summed E-state index contributed by atoms with van der Waals surface area (Å²) in [7, 11) is 0. The lowest BCUT2D eigenvalue weighted by molar-refractivity contribution is -0.136. The van der Waals surface area contributed by atoms with Crippen molar-refractivity contribution in [3.63, 3.8) is 0 Å². The van der Waals surface area contributed by atoms with Crippen molar-refractivity contribution in [2.75, 3.05) is 32.8 Å². The molecule has 3 heterocycles. The van der Waals surface area contributed by atoms with Gasteiger partial charge < -0.3 is 14.6 Å². The number of H-pyrrole nitrogens is 1. The van der Waals surface area contributed by atoms with Crippen molar-refractivity contribution in [3.8, 4) is 5.75 Å². The van der Waals surface area contributed by atoms with E-state index >= 15 is 0 Å². The number of fused-ring (bicyclic) bond motifs is 2. The predicted octanol–water partition coefficient (Wildman–Crippen LogP) is 2.49. The maximum atomic E-state index is 12.6. The maximum Gasteiger partial charge on any atom is 0.260 e. The first kappa shape index (κ1) is 18.0. The summed E-state index contributed by atoms with van der Waals surface area (Å²) in [4.78, 5) is 25.1. The summed E-state index contributed by atoms with van der Waals surface area (Å²) in [5.74, 6) is 0.805. The van der Waals surface area contributed by atoms with E-state index in [4.69, 9.17) is 4.74 Å². The Morgan fingerprint density at radius 2 is 1.96 bits per heavy atom. The van der Waals surface area contributed by atoms with Crippen molar-refractivity contribution in [1.82, 2.24) is 19.8 Å². The summed E-state index contributed by atoms with van der Waals surface area (Å²) in [6.07, 6.45) is 4.69. The second kappa shape index (κ2) is 7.35. The number of piperidine rings is 1. The molecule has 0 bridgehead atoms. The fourth-order valence-corrected chi connectivity index (χ4v) is 4.53. The van der Waals surface area contributed by atoms with Gasteiger partial charge >= 0.3 is 0 Å². The number of nitrogens with zero attached hydrogens (tertiary/aromatic N) is 3. The number of hydrogen-bond acceptors (Lipinski definition) is 4. The number of aromatic nitrogens is 2. The average Bonchev–Trinajstić information content (AvgIpc) is 3.18. The molecule has 144 valence electrons. The average molecular weight is 368 g/mol. The molecular formula is C21H28N4O2. The molecule has 6 heteroatoms. The number of ether oxygens (including phenoxy) is 1. The standard InChI is InChI=1S/C21H28N4O2/c1-3-25-11-8-18-20(23-15-22-18)21(25)9-12-24(13-10-21)19(26)14-27-17-6-4-16(2)5-7-17/h4-7,15H,3,8-14H2,1-2H3,(H,22,23). The molecule has 1 amide bonds. The second-order valence-corrected chi connectivity index (χ2v) is 7.57. The molecule has 1 N–H and O–H groups in total. The normalized spacial score (nSPS) is 19.1.